The Morgan fingerprint density at radius 3 is 2.46 bits per heavy atom. The second kappa shape index (κ2) is 11.9. The van der Waals surface area contributed by atoms with Gasteiger partial charge in [0.2, 0.25) is 0 Å². The summed E-state index contributed by atoms with van der Waals surface area (Å²) in [5, 5.41) is 6.76. The molecule has 1 aromatic carbocycles. The smallest absolute Gasteiger partial charge is 0.191 e. The third-order valence-electron chi connectivity index (χ3n) is 3.70. The van der Waals surface area contributed by atoms with Crippen molar-refractivity contribution in [2.45, 2.75) is 26.3 Å². The largest absolute Gasteiger partial charge is 0.381 e. The van der Waals surface area contributed by atoms with Crippen LogP contribution in [-0.2, 0) is 4.74 Å². The van der Waals surface area contributed by atoms with E-state index in [1.807, 2.05) is 6.07 Å². The van der Waals surface area contributed by atoms with E-state index >= 15 is 0 Å². The Labute approximate surface area is 147 Å². The molecule has 0 aliphatic rings. The fourth-order valence-electron chi connectivity index (χ4n) is 2.39. The maximum atomic E-state index is 5.59. The Kier molecular flexibility index (Phi) is 10.1. The molecule has 0 spiro atoms. The molecule has 136 valence electrons. The zero-order valence-electron chi connectivity index (χ0n) is 15.9. The molecule has 5 nitrogen and oxygen atoms in total. The average molecular weight is 335 g/mol. The summed E-state index contributed by atoms with van der Waals surface area (Å²) in [5.74, 6) is 1.43. The minimum atomic E-state index is 0.305. The monoisotopic (exact) mass is 334 g/mol. The van der Waals surface area contributed by atoms with E-state index in [2.05, 4.69) is 72.7 Å². The number of likely N-dealkylation sites (N-methyl/N-ethyl adjacent to an activating group) is 1. The van der Waals surface area contributed by atoms with Crippen molar-refractivity contribution in [1.82, 2.24) is 15.5 Å². The quantitative estimate of drug-likeness (QED) is 0.392. The van der Waals surface area contributed by atoms with Crippen LogP contribution < -0.4 is 10.6 Å². The molecule has 0 heterocycles. The highest BCUT2D eigenvalue weighted by molar-refractivity contribution is 5.79. The van der Waals surface area contributed by atoms with Crippen molar-refractivity contribution in [3.8, 4) is 0 Å². The molecule has 0 bridgehead atoms. The Bertz CT molecular complexity index is 460. The van der Waals surface area contributed by atoms with Crippen LogP contribution in [0.1, 0.15) is 31.9 Å². The van der Waals surface area contributed by atoms with Crippen molar-refractivity contribution >= 4 is 5.96 Å². The summed E-state index contributed by atoms with van der Waals surface area (Å²) in [4.78, 5) is 6.51. The molecular weight excluding hydrogens is 300 g/mol. The third-order valence-corrected chi connectivity index (χ3v) is 3.70. The van der Waals surface area contributed by atoms with Crippen LogP contribution in [0.3, 0.4) is 0 Å². The van der Waals surface area contributed by atoms with E-state index in [4.69, 9.17) is 4.74 Å². The van der Waals surface area contributed by atoms with Crippen LogP contribution in [0.5, 0.6) is 0 Å². The Hall–Kier alpha value is -1.59. The number of nitrogens with one attached hydrogen (secondary N) is 2. The summed E-state index contributed by atoms with van der Waals surface area (Å²) in [7, 11) is 6.00. The van der Waals surface area contributed by atoms with E-state index in [9.17, 15) is 0 Å². The Morgan fingerprint density at radius 2 is 1.88 bits per heavy atom. The first kappa shape index (κ1) is 20.5. The SMILES string of the molecule is CN=C(NCCCOCC(C)C)NCC(c1ccccc1)N(C)C. The van der Waals surface area contributed by atoms with Crippen LogP contribution in [0, 0.1) is 5.92 Å². The summed E-state index contributed by atoms with van der Waals surface area (Å²) in [5.41, 5.74) is 1.30. The Balaban J connectivity index is 2.34. The van der Waals surface area contributed by atoms with E-state index in [-0.39, 0.29) is 0 Å². The Morgan fingerprint density at radius 1 is 1.17 bits per heavy atom. The van der Waals surface area contributed by atoms with Crippen molar-refractivity contribution < 1.29 is 4.74 Å². The molecule has 0 saturated carbocycles. The molecule has 0 aliphatic carbocycles. The van der Waals surface area contributed by atoms with Gasteiger partial charge in [0.1, 0.15) is 0 Å². The number of hydrogen-bond donors (Lipinski definition) is 2. The second-order valence-electron chi connectivity index (χ2n) is 6.59. The van der Waals surface area contributed by atoms with Gasteiger partial charge in [0.25, 0.3) is 0 Å². The number of hydrogen-bond acceptors (Lipinski definition) is 3. The van der Waals surface area contributed by atoms with E-state index in [0.29, 0.717) is 12.0 Å². The number of nitrogens with zero attached hydrogens (tertiary/aromatic N) is 2. The van der Waals surface area contributed by atoms with Crippen molar-refractivity contribution in [2.24, 2.45) is 10.9 Å². The van der Waals surface area contributed by atoms with Crippen LogP contribution in [0.15, 0.2) is 35.3 Å². The van der Waals surface area contributed by atoms with Crippen molar-refractivity contribution in [2.75, 3.05) is 47.4 Å². The maximum Gasteiger partial charge on any atom is 0.191 e. The predicted molar refractivity (Wildman–Crippen MR) is 103 cm³/mol. The number of guanidine groups is 1. The molecule has 0 amide bonds. The summed E-state index contributed by atoms with van der Waals surface area (Å²) < 4.78 is 5.59. The lowest BCUT2D eigenvalue weighted by atomic mass is 10.1. The second-order valence-corrected chi connectivity index (χ2v) is 6.59. The molecule has 0 fully saturated rings. The van der Waals surface area contributed by atoms with Gasteiger partial charge < -0.3 is 20.3 Å². The minimum Gasteiger partial charge on any atom is -0.381 e. The average Bonchev–Trinajstić information content (AvgIpc) is 2.56. The van der Waals surface area contributed by atoms with E-state index in [1.54, 1.807) is 7.05 Å². The van der Waals surface area contributed by atoms with Gasteiger partial charge >= 0.3 is 0 Å². The fraction of sp³-hybridized carbons (Fsp3) is 0.632. The standard InChI is InChI=1S/C19H34N4O/c1-16(2)15-24-13-9-12-21-19(20-3)22-14-18(23(4)5)17-10-7-6-8-11-17/h6-8,10-11,16,18H,9,12-15H2,1-5H3,(H2,20,21,22). The molecule has 0 aromatic heterocycles. The van der Waals surface area contributed by atoms with Gasteiger partial charge in [-0.25, -0.2) is 0 Å². The summed E-state index contributed by atoms with van der Waals surface area (Å²) >= 11 is 0. The van der Waals surface area contributed by atoms with Crippen LogP contribution >= 0.6 is 0 Å². The van der Waals surface area contributed by atoms with Gasteiger partial charge in [0.05, 0.1) is 6.04 Å². The normalized spacial score (nSPS) is 13.4. The molecule has 24 heavy (non-hydrogen) atoms. The molecule has 0 saturated heterocycles. The number of benzene rings is 1. The lowest BCUT2D eigenvalue weighted by Crippen LogP contribution is -2.42. The number of aliphatic imine (C=N–C) groups is 1. The van der Waals surface area contributed by atoms with Gasteiger partial charge in [-0.2, -0.15) is 0 Å². The zero-order chi connectivity index (χ0) is 17.8. The summed E-state index contributed by atoms with van der Waals surface area (Å²) in [6.45, 7) is 7.60. The zero-order valence-corrected chi connectivity index (χ0v) is 15.9. The van der Waals surface area contributed by atoms with E-state index in [0.717, 1.165) is 38.7 Å². The first-order valence-electron chi connectivity index (χ1n) is 8.78. The van der Waals surface area contributed by atoms with E-state index < -0.39 is 0 Å². The third kappa shape index (κ3) is 8.31. The summed E-state index contributed by atoms with van der Waals surface area (Å²) in [6, 6.07) is 10.8. The molecule has 1 atom stereocenters. The van der Waals surface area contributed by atoms with Gasteiger partial charge in [-0.1, -0.05) is 44.2 Å². The highest BCUT2D eigenvalue weighted by Gasteiger charge is 2.14. The van der Waals surface area contributed by atoms with E-state index in [1.165, 1.54) is 5.56 Å². The summed E-state index contributed by atoms with van der Waals surface area (Å²) in [6.07, 6.45) is 0.975. The van der Waals surface area contributed by atoms with Gasteiger partial charge in [-0.15, -0.1) is 0 Å². The van der Waals surface area contributed by atoms with Crippen LogP contribution in [0.25, 0.3) is 0 Å². The first-order chi connectivity index (χ1) is 11.5. The molecular formula is C19H34N4O. The minimum absolute atomic E-state index is 0.305. The number of rotatable bonds is 10. The van der Waals surface area contributed by atoms with Gasteiger partial charge in [-0.3, -0.25) is 4.99 Å². The molecule has 0 aliphatic heterocycles. The van der Waals surface area contributed by atoms with Crippen molar-refractivity contribution in [3.63, 3.8) is 0 Å². The molecule has 1 unspecified atom stereocenters. The molecule has 2 N–H and O–H groups in total. The fourth-order valence-corrected chi connectivity index (χ4v) is 2.39. The first-order valence-corrected chi connectivity index (χ1v) is 8.78. The molecule has 5 heteroatoms. The van der Waals surface area contributed by atoms with Gasteiger partial charge in [0, 0.05) is 33.4 Å². The van der Waals surface area contributed by atoms with Gasteiger partial charge in [-0.05, 0) is 32.0 Å². The van der Waals surface area contributed by atoms with Crippen molar-refractivity contribution in [1.29, 1.82) is 0 Å². The highest BCUT2D eigenvalue weighted by Crippen LogP contribution is 2.16. The van der Waals surface area contributed by atoms with Crippen LogP contribution in [0.4, 0.5) is 0 Å². The maximum absolute atomic E-state index is 5.59. The molecule has 0 radical (unpaired) electrons. The predicted octanol–water partition coefficient (Wildman–Crippen LogP) is 2.52. The molecule has 1 rings (SSSR count). The lowest BCUT2D eigenvalue weighted by Gasteiger charge is -2.26. The number of ether oxygens (including phenoxy) is 1. The highest BCUT2D eigenvalue weighted by atomic mass is 16.5. The van der Waals surface area contributed by atoms with Crippen LogP contribution in [-0.4, -0.2) is 58.3 Å². The topological polar surface area (TPSA) is 48.9 Å². The lowest BCUT2D eigenvalue weighted by molar-refractivity contribution is 0.108. The van der Waals surface area contributed by atoms with Crippen molar-refractivity contribution in [3.05, 3.63) is 35.9 Å². The molecule has 1 aromatic rings. The van der Waals surface area contributed by atoms with Gasteiger partial charge in [0.15, 0.2) is 5.96 Å². The van der Waals surface area contributed by atoms with Crippen LogP contribution in [0.2, 0.25) is 0 Å².